The van der Waals surface area contributed by atoms with E-state index in [-0.39, 0.29) is 10.6 Å². The van der Waals surface area contributed by atoms with Gasteiger partial charge in [-0.25, -0.2) is 4.79 Å². The summed E-state index contributed by atoms with van der Waals surface area (Å²) in [5.74, 6) is -0.655. The van der Waals surface area contributed by atoms with E-state index < -0.39 is 17.1 Å². The van der Waals surface area contributed by atoms with Crippen LogP contribution in [0.1, 0.15) is 21.5 Å². The van der Waals surface area contributed by atoms with Gasteiger partial charge < -0.3 is 9.66 Å². The monoisotopic (exact) mass is 246 g/mol. The van der Waals surface area contributed by atoms with E-state index >= 15 is 0 Å². The third-order valence-electron chi connectivity index (χ3n) is 2.09. The van der Waals surface area contributed by atoms with Crippen LogP contribution in [-0.4, -0.2) is 21.9 Å². The van der Waals surface area contributed by atoms with Gasteiger partial charge in [0.15, 0.2) is 0 Å². The Hall–Kier alpha value is -0.710. The van der Waals surface area contributed by atoms with Gasteiger partial charge in [-0.1, -0.05) is 28.8 Å². The van der Waals surface area contributed by atoms with Crippen LogP contribution in [0.15, 0.2) is 12.1 Å². The van der Waals surface area contributed by atoms with Crippen molar-refractivity contribution in [2.75, 3.05) is 6.26 Å². The highest BCUT2D eigenvalue weighted by molar-refractivity contribution is 7.89. The molecule has 0 saturated carbocycles. The minimum Gasteiger partial charge on any atom is -0.616 e. The summed E-state index contributed by atoms with van der Waals surface area (Å²) in [4.78, 5) is 10.8. The standard InChI is InChI=1S/C10H11ClO3S/c1-6-7(5-15(2)14)3-4-8(9(6)11)10(12)13/h3-4H,5H2,1-2H3,(H,12,13). The van der Waals surface area contributed by atoms with Crippen LogP contribution in [0.3, 0.4) is 0 Å². The van der Waals surface area contributed by atoms with Crippen molar-refractivity contribution in [2.45, 2.75) is 12.7 Å². The molecule has 0 amide bonds. The Kier molecular flexibility index (Phi) is 4.02. The van der Waals surface area contributed by atoms with E-state index in [0.717, 1.165) is 5.56 Å². The van der Waals surface area contributed by atoms with Crippen molar-refractivity contribution in [3.8, 4) is 0 Å². The van der Waals surface area contributed by atoms with Crippen LogP contribution in [0.5, 0.6) is 0 Å². The predicted octanol–water partition coefficient (Wildman–Crippen LogP) is 2.23. The van der Waals surface area contributed by atoms with Crippen molar-refractivity contribution in [2.24, 2.45) is 0 Å². The Balaban J connectivity index is 3.15. The lowest BCUT2D eigenvalue weighted by Gasteiger charge is -2.10. The molecular formula is C10H11ClO3S. The van der Waals surface area contributed by atoms with Crippen molar-refractivity contribution < 1.29 is 14.5 Å². The fraction of sp³-hybridized carbons (Fsp3) is 0.300. The first kappa shape index (κ1) is 12.4. The molecular weight excluding hydrogens is 236 g/mol. The largest absolute Gasteiger partial charge is 0.616 e. The van der Waals surface area contributed by atoms with Gasteiger partial charge in [0.2, 0.25) is 0 Å². The van der Waals surface area contributed by atoms with Gasteiger partial charge in [0.05, 0.1) is 16.8 Å². The highest BCUT2D eigenvalue weighted by Gasteiger charge is 2.14. The van der Waals surface area contributed by atoms with Crippen LogP contribution < -0.4 is 0 Å². The second kappa shape index (κ2) is 4.88. The molecule has 0 bridgehead atoms. The number of hydrogen-bond donors (Lipinski definition) is 1. The van der Waals surface area contributed by atoms with Gasteiger partial charge in [0.25, 0.3) is 0 Å². The van der Waals surface area contributed by atoms with Crippen LogP contribution in [0.25, 0.3) is 0 Å². The predicted molar refractivity (Wildman–Crippen MR) is 60.9 cm³/mol. The maximum atomic E-state index is 11.0. The number of rotatable bonds is 3. The van der Waals surface area contributed by atoms with Crippen LogP contribution in [0.2, 0.25) is 5.02 Å². The number of halogens is 1. The molecule has 0 spiro atoms. The average Bonchev–Trinajstić information content (AvgIpc) is 2.12. The lowest BCUT2D eigenvalue weighted by molar-refractivity contribution is 0.0697. The van der Waals surface area contributed by atoms with E-state index in [1.54, 1.807) is 19.2 Å². The molecule has 1 N–H and O–H groups in total. The number of carboxylic acid groups (broad SMARTS) is 1. The average molecular weight is 247 g/mol. The van der Waals surface area contributed by atoms with Crippen LogP contribution in [0.4, 0.5) is 0 Å². The number of carboxylic acids is 1. The molecule has 0 radical (unpaired) electrons. The minimum atomic E-state index is -1.05. The third kappa shape index (κ3) is 2.87. The number of aromatic carboxylic acids is 1. The number of carbonyl (C=O) groups is 1. The van der Waals surface area contributed by atoms with Crippen molar-refractivity contribution in [1.29, 1.82) is 0 Å². The van der Waals surface area contributed by atoms with Gasteiger partial charge in [-0.2, -0.15) is 0 Å². The number of hydrogen-bond acceptors (Lipinski definition) is 2. The molecule has 1 atom stereocenters. The van der Waals surface area contributed by atoms with E-state index in [1.807, 2.05) is 0 Å². The lowest BCUT2D eigenvalue weighted by atomic mass is 10.1. The van der Waals surface area contributed by atoms with Gasteiger partial charge in [-0.05, 0) is 18.6 Å². The van der Waals surface area contributed by atoms with Crippen LogP contribution in [0, 0.1) is 6.92 Å². The van der Waals surface area contributed by atoms with Crippen LogP contribution in [-0.2, 0) is 16.9 Å². The maximum Gasteiger partial charge on any atom is 0.337 e. The maximum absolute atomic E-state index is 11.0. The summed E-state index contributed by atoms with van der Waals surface area (Å²) in [6, 6.07) is 3.10. The van der Waals surface area contributed by atoms with E-state index in [1.165, 1.54) is 6.07 Å². The molecule has 1 rings (SSSR count). The molecule has 0 aliphatic heterocycles. The van der Waals surface area contributed by atoms with Crippen molar-refractivity contribution in [1.82, 2.24) is 0 Å². The highest BCUT2D eigenvalue weighted by atomic mass is 35.5. The van der Waals surface area contributed by atoms with Gasteiger partial charge in [0, 0.05) is 5.56 Å². The van der Waals surface area contributed by atoms with Crippen LogP contribution >= 0.6 is 11.6 Å². The molecule has 1 aromatic rings. The summed E-state index contributed by atoms with van der Waals surface area (Å²) < 4.78 is 11.0. The summed E-state index contributed by atoms with van der Waals surface area (Å²) in [7, 11) is 0. The van der Waals surface area contributed by atoms with Crippen molar-refractivity contribution in [3.05, 3.63) is 33.8 Å². The Morgan fingerprint density at radius 3 is 2.67 bits per heavy atom. The molecule has 0 fully saturated rings. The summed E-state index contributed by atoms with van der Waals surface area (Å²) in [6.07, 6.45) is 1.60. The summed E-state index contributed by atoms with van der Waals surface area (Å²) in [5.41, 5.74) is 1.59. The molecule has 0 aliphatic carbocycles. The van der Waals surface area contributed by atoms with E-state index in [0.29, 0.717) is 11.3 Å². The fourth-order valence-electron chi connectivity index (χ4n) is 1.27. The molecule has 15 heavy (non-hydrogen) atoms. The minimum absolute atomic E-state index is 0.0832. The fourth-order valence-corrected chi connectivity index (χ4v) is 2.28. The summed E-state index contributed by atoms with van der Waals surface area (Å²) in [5, 5.41) is 9.05. The molecule has 5 heteroatoms. The second-order valence-electron chi connectivity index (χ2n) is 3.23. The zero-order valence-corrected chi connectivity index (χ0v) is 9.98. The Morgan fingerprint density at radius 2 is 2.20 bits per heavy atom. The molecule has 1 unspecified atom stereocenters. The van der Waals surface area contributed by atoms with Gasteiger partial charge in [0.1, 0.15) is 5.75 Å². The van der Waals surface area contributed by atoms with E-state index in [4.69, 9.17) is 16.7 Å². The van der Waals surface area contributed by atoms with E-state index in [2.05, 4.69) is 0 Å². The molecule has 0 saturated heterocycles. The van der Waals surface area contributed by atoms with Gasteiger partial charge >= 0.3 is 5.97 Å². The molecule has 0 aromatic heterocycles. The van der Waals surface area contributed by atoms with Crippen molar-refractivity contribution >= 4 is 28.7 Å². The van der Waals surface area contributed by atoms with E-state index in [9.17, 15) is 9.35 Å². The first-order valence-corrected chi connectivity index (χ1v) is 6.35. The zero-order valence-electron chi connectivity index (χ0n) is 8.41. The summed E-state index contributed by atoms with van der Waals surface area (Å²) >= 11 is 4.94. The summed E-state index contributed by atoms with van der Waals surface area (Å²) in [6.45, 7) is 1.73. The molecule has 82 valence electrons. The molecule has 1 aromatic carbocycles. The Morgan fingerprint density at radius 1 is 1.60 bits per heavy atom. The first-order chi connectivity index (χ1) is 6.93. The first-order valence-electron chi connectivity index (χ1n) is 4.24. The number of benzene rings is 1. The van der Waals surface area contributed by atoms with Gasteiger partial charge in [-0.15, -0.1) is 0 Å². The topological polar surface area (TPSA) is 60.4 Å². The highest BCUT2D eigenvalue weighted by Crippen LogP contribution is 2.25. The normalized spacial score (nSPS) is 12.5. The Bertz CT molecular complexity index is 390. The molecule has 0 heterocycles. The quantitative estimate of drug-likeness (QED) is 0.832. The SMILES string of the molecule is Cc1c(C[S+](C)[O-])ccc(C(=O)O)c1Cl. The Labute approximate surface area is 96.2 Å². The van der Waals surface area contributed by atoms with Crippen molar-refractivity contribution in [3.63, 3.8) is 0 Å². The molecule has 0 aliphatic rings. The smallest absolute Gasteiger partial charge is 0.337 e. The zero-order chi connectivity index (χ0) is 11.6. The van der Waals surface area contributed by atoms with Gasteiger partial charge in [-0.3, -0.25) is 0 Å². The lowest BCUT2D eigenvalue weighted by Crippen LogP contribution is -2.05. The third-order valence-corrected chi connectivity index (χ3v) is 3.29. The second-order valence-corrected chi connectivity index (χ2v) is 5.05. The molecule has 3 nitrogen and oxygen atoms in total.